The molecule has 1 unspecified atom stereocenters. The van der Waals surface area contributed by atoms with Crippen LogP contribution < -0.4 is 10.2 Å². The first-order chi connectivity index (χ1) is 12.6. The maximum atomic E-state index is 4.66. The Kier molecular flexibility index (Phi) is 6.19. The molecule has 0 spiro atoms. The molecule has 0 aliphatic carbocycles. The third-order valence-electron chi connectivity index (χ3n) is 5.02. The van der Waals surface area contributed by atoms with Crippen LogP contribution in [0.15, 0.2) is 12.4 Å². The molecule has 0 bridgehead atoms. The van der Waals surface area contributed by atoms with Gasteiger partial charge in [0.15, 0.2) is 0 Å². The first-order valence-electron chi connectivity index (χ1n) is 9.84. The predicted octanol–water partition coefficient (Wildman–Crippen LogP) is 2.67. The van der Waals surface area contributed by atoms with Crippen molar-refractivity contribution < 1.29 is 0 Å². The van der Waals surface area contributed by atoms with Crippen molar-refractivity contribution in [3.05, 3.63) is 29.7 Å². The van der Waals surface area contributed by atoms with Crippen LogP contribution >= 0.6 is 0 Å². The van der Waals surface area contributed by atoms with Gasteiger partial charge in [0, 0.05) is 37.4 Å². The molecule has 26 heavy (non-hydrogen) atoms. The SMILES string of the molecule is CCCc1cc(N2CCC(NC(C)c3ncnn3CC)CC2)nc(C)n1. The van der Waals surface area contributed by atoms with Gasteiger partial charge in [0.2, 0.25) is 0 Å². The van der Waals surface area contributed by atoms with Gasteiger partial charge in [-0.2, -0.15) is 5.10 Å². The van der Waals surface area contributed by atoms with Gasteiger partial charge >= 0.3 is 0 Å². The molecule has 1 fully saturated rings. The van der Waals surface area contributed by atoms with Gasteiger partial charge in [0.05, 0.1) is 6.04 Å². The Hall–Kier alpha value is -2.02. The molecule has 2 aromatic rings. The number of aryl methyl sites for hydroxylation is 3. The van der Waals surface area contributed by atoms with Crippen molar-refractivity contribution in [3.63, 3.8) is 0 Å². The number of hydrogen-bond acceptors (Lipinski definition) is 6. The molecule has 142 valence electrons. The maximum Gasteiger partial charge on any atom is 0.143 e. The van der Waals surface area contributed by atoms with Crippen LogP contribution in [0, 0.1) is 6.92 Å². The number of nitrogens with one attached hydrogen (secondary N) is 1. The molecular weight excluding hydrogens is 326 g/mol. The van der Waals surface area contributed by atoms with Crippen LogP contribution in [0.1, 0.15) is 63.4 Å². The summed E-state index contributed by atoms with van der Waals surface area (Å²) in [5.74, 6) is 2.97. The van der Waals surface area contributed by atoms with Crippen molar-refractivity contribution in [3.8, 4) is 0 Å². The zero-order valence-electron chi connectivity index (χ0n) is 16.4. The number of nitrogens with zero attached hydrogens (tertiary/aromatic N) is 6. The molecule has 3 heterocycles. The molecule has 0 amide bonds. The van der Waals surface area contributed by atoms with Gasteiger partial charge < -0.3 is 10.2 Å². The van der Waals surface area contributed by atoms with Gasteiger partial charge in [-0.15, -0.1) is 0 Å². The normalized spacial score (nSPS) is 16.8. The topological polar surface area (TPSA) is 71.8 Å². The fourth-order valence-electron chi connectivity index (χ4n) is 3.71. The summed E-state index contributed by atoms with van der Waals surface area (Å²) < 4.78 is 1.96. The minimum atomic E-state index is 0.214. The van der Waals surface area contributed by atoms with Crippen molar-refractivity contribution in [1.29, 1.82) is 0 Å². The van der Waals surface area contributed by atoms with Crippen LogP contribution in [0.4, 0.5) is 5.82 Å². The molecular formula is C19H31N7. The molecule has 1 saturated heterocycles. The molecule has 1 aliphatic heterocycles. The lowest BCUT2D eigenvalue weighted by molar-refractivity contribution is 0.365. The molecule has 0 radical (unpaired) electrons. The molecule has 7 nitrogen and oxygen atoms in total. The first-order valence-corrected chi connectivity index (χ1v) is 9.84. The van der Waals surface area contributed by atoms with E-state index in [-0.39, 0.29) is 6.04 Å². The maximum absolute atomic E-state index is 4.66. The summed E-state index contributed by atoms with van der Waals surface area (Å²) >= 11 is 0. The first kappa shape index (κ1) is 18.8. The van der Waals surface area contributed by atoms with Crippen LogP contribution in [0.25, 0.3) is 0 Å². The number of hydrogen-bond donors (Lipinski definition) is 1. The molecule has 3 rings (SSSR count). The average Bonchev–Trinajstić information content (AvgIpc) is 3.11. The van der Waals surface area contributed by atoms with Gasteiger partial charge in [-0.25, -0.2) is 19.6 Å². The smallest absolute Gasteiger partial charge is 0.143 e. The Morgan fingerprint density at radius 2 is 2.00 bits per heavy atom. The van der Waals surface area contributed by atoms with E-state index in [2.05, 4.69) is 57.1 Å². The summed E-state index contributed by atoms with van der Waals surface area (Å²) in [5, 5.41) is 8.00. The highest BCUT2D eigenvalue weighted by Gasteiger charge is 2.23. The lowest BCUT2D eigenvalue weighted by Crippen LogP contribution is -2.44. The van der Waals surface area contributed by atoms with E-state index < -0.39 is 0 Å². The average molecular weight is 358 g/mol. The minimum Gasteiger partial charge on any atom is -0.356 e. The van der Waals surface area contributed by atoms with Crippen LogP contribution in [-0.2, 0) is 13.0 Å². The van der Waals surface area contributed by atoms with Crippen LogP contribution in [-0.4, -0.2) is 43.9 Å². The van der Waals surface area contributed by atoms with Crippen molar-refractivity contribution in [2.24, 2.45) is 0 Å². The summed E-state index contributed by atoms with van der Waals surface area (Å²) in [5.41, 5.74) is 1.16. The minimum absolute atomic E-state index is 0.214. The zero-order chi connectivity index (χ0) is 18.5. The van der Waals surface area contributed by atoms with Crippen LogP contribution in [0.5, 0.6) is 0 Å². The number of rotatable bonds is 7. The highest BCUT2D eigenvalue weighted by molar-refractivity contribution is 5.40. The second-order valence-electron chi connectivity index (χ2n) is 7.10. The predicted molar refractivity (Wildman–Crippen MR) is 103 cm³/mol. The third kappa shape index (κ3) is 4.38. The van der Waals surface area contributed by atoms with E-state index in [4.69, 9.17) is 0 Å². The molecule has 0 aromatic carbocycles. The lowest BCUT2D eigenvalue weighted by Gasteiger charge is -2.34. The Balaban J connectivity index is 1.57. The molecule has 1 aliphatic rings. The van der Waals surface area contributed by atoms with Crippen molar-refractivity contribution in [2.75, 3.05) is 18.0 Å². The number of aromatic nitrogens is 5. The molecule has 0 saturated carbocycles. The highest BCUT2D eigenvalue weighted by atomic mass is 15.3. The van der Waals surface area contributed by atoms with Gasteiger partial charge in [-0.3, -0.25) is 0 Å². The fraction of sp³-hybridized carbons (Fsp3) is 0.684. The molecule has 2 aromatic heterocycles. The van der Waals surface area contributed by atoms with E-state index in [1.807, 2.05) is 11.6 Å². The second-order valence-corrected chi connectivity index (χ2v) is 7.10. The van der Waals surface area contributed by atoms with Crippen molar-refractivity contribution >= 4 is 5.82 Å². The van der Waals surface area contributed by atoms with E-state index in [1.54, 1.807) is 6.33 Å². The number of anilines is 1. The van der Waals surface area contributed by atoms with Crippen LogP contribution in [0.3, 0.4) is 0 Å². The van der Waals surface area contributed by atoms with Crippen LogP contribution in [0.2, 0.25) is 0 Å². The summed E-state index contributed by atoms with van der Waals surface area (Å²) in [6.45, 7) is 11.3. The monoisotopic (exact) mass is 357 g/mol. The molecule has 7 heteroatoms. The van der Waals surface area contributed by atoms with Gasteiger partial charge in [-0.1, -0.05) is 13.3 Å². The Morgan fingerprint density at radius 1 is 1.23 bits per heavy atom. The summed E-state index contributed by atoms with van der Waals surface area (Å²) in [6, 6.07) is 2.88. The van der Waals surface area contributed by atoms with E-state index in [1.165, 1.54) is 0 Å². The van der Waals surface area contributed by atoms with Crippen molar-refractivity contribution in [2.45, 2.75) is 72.0 Å². The third-order valence-corrected chi connectivity index (χ3v) is 5.02. The molecule has 1 N–H and O–H groups in total. The van der Waals surface area contributed by atoms with E-state index in [0.29, 0.717) is 6.04 Å². The van der Waals surface area contributed by atoms with Crippen molar-refractivity contribution in [1.82, 2.24) is 30.0 Å². The Bertz CT molecular complexity index is 704. The van der Waals surface area contributed by atoms with E-state index in [0.717, 1.165) is 68.5 Å². The quantitative estimate of drug-likeness (QED) is 0.821. The fourth-order valence-corrected chi connectivity index (χ4v) is 3.71. The molecule has 1 atom stereocenters. The zero-order valence-corrected chi connectivity index (χ0v) is 16.4. The summed E-state index contributed by atoms with van der Waals surface area (Å²) in [4.78, 5) is 16.0. The van der Waals surface area contributed by atoms with Gasteiger partial charge in [-0.05, 0) is 40.0 Å². The second kappa shape index (κ2) is 8.58. The van der Waals surface area contributed by atoms with Gasteiger partial charge in [0.1, 0.15) is 23.8 Å². The standard InChI is InChI=1S/C19H31N7/c1-5-7-17-12-18(24-15(4)23-17)25-10-8-16(9-11-25)22-14(3)19-20-13-21-26(19)6-2/h12-14,16,22H,5-11H2,1-4H3. The largest absolute Gasteiger partial charge is 0.356 e. The van der Waals surface area contributed by atoms with E-state index >= 15 is 0 Å². The lowest BCUT2D eigenvalue weighted by atomic mass is 10.0. The van der Waals surface area contributed by atoms with Gasteiger partial charge in [0.25, 0.3) is 0 Å². The Labute approximate surface area is 156 Å². The Morgan fingerprint density at radius 3 is 2.69 bits per heavy atom. The summed E-state index contributed by atoms with van der Waals surface area (Å²) in [6.07, 6.45) is 5.99. The number of piperidine rings is 1. The summed E-state index contributed by atoms with van der Waals surface area (Å²) in [7, 11) is 0. The van der Waals surface area contributed by atoms with E-state index in [9.17, 15) is 0 Å². The highest BCUT2D eigenvalue weighted by Crippen LogP contribution is 2.21.